The summed E-state index contributed by atoms with van der Waals surface area (Å²) in [4.78, 5) is 25.4. The van der Waals surface area contributed by atoms with E-state index in [4.69, 9.17) is 23.2 Å². The van der Waals surface area contributed by atoms with Gasteiger partial charge in [0.05, 0.1) is 15.7 Å². The molecule has 2 amide bonds. The molecule has 0 aromatic heterocycles. The average Bonchev–Trinajstić information content (AvgIpc) is 2.44. The number of hydrogen-bond donors (Lipinski definition) is 1. The highest BCUT2D eigenvalue weighted by atomic mass is 35.5. The van der Waals surface area contributed by atoms with Crippen molar-refractivity contribution < 1.29 is 9.59 Å². The van der Waals surface area contributed by atoms with Crippen LogP contribution in [0.25, 0.3) is 0 Å². The average molecular weight is 301 g/mol. The molecule has 102 valence electrons. The smallest absolute Gasteiger partial charge is 0.313 e. The fourth-order valence-electron chi connectivity index (χ4n) is 2.02. The number of halogens is 2. The topological polar surface area (TPSA) is 49.4 Å². The van der Waals surface area contributed by atoms with Crippen LogP contribution in [0, 0.1) is 0 Å². The number of nitrogens with one attached hydrogen (secondary N) is 1. The fourth-order valence-corrected chi connectivity index (χ4v) is 2.36. The van der Waals surface area contributed by atoms with Crippen molar-refractivity contribution >= 4 is 40.7 Å². The fraction of sp³-hybridized carbons (Fsp3) is 0.385. The zero-order valence-corrected chi connectivity index (χ0v) is 11.8. The van der Waals surface area contributed by atoms with Gasteiger partial charge < -0.3 is 10.2 Å². The standard InChI is InChI=1S/C13H14Cl2N2O2/c14-9-5-4-6-10(11(9)15)16-12(18)13(19)17-7-2-1-3-8-17/h4-6H,1-3,7-8H2,(H,16,18). The second-order valence-electron chi connectivity index (χ2n) is 4.41. The van der Waals surface area contributed by atoms with Crippen molar-refractivity contribution in [1.29, 1.82) is 0 Å². The first kappa shape index (κ1) is 14.2. The van der Waals surface area contributed by atoms with Crippen LogP contribution in [-0.2, 0) is 9.59 Å². The zero-order valence-electron chi connectivity index (χ0n) is 10.3. The molecule has 0 aliphatic carbocycles. The summed E-state index contributed by atoms with van der Waals surface area (Å²) in [6.45, 7) is 1.27. The Balaban J connectivity index is 2.04. The van der Waals surface area contributed by atoms with Crippen LogP contribution in [0.5, 0.6) is 0 Å². The third-order valence-electron chi connectivity index (χ3n) is 3.04. The first-order chi connectivity index (χ1) is 9.09. The van der Waals surface area contributed by atoms with Crippen molar-refractivity contribution in [1.82, 2.24) is 4.90 Å². The molecule has 2 rings (SSSR count). The summed E-state index contributed by atoms with van der Waals surface area (Å²) in [5, 5.41) is 3.08. The molecule has 4 nitrogen and oxygen atoms in total. The maximum Gasteiger partial charge on any atom is 0.313 e. The van der Waals surface area contributed by atoms with Gasteiger partial charge in [-0.25, -0.2) is 0 Å². The van der Waals surface area contributed by atoms with Gasteiger partial charge in [0.25, 0.3) is 0 Å². The van der Waals surface area contributed by atoms with Gasteiger partial charge in [-0.05, 0) is 31.4 Å². The first-order valence-electron chi connectivity index (χ1n) is 6.14. The molecule has 0 saturated carbocycles. The van der Waals surface area contributed by atoms with E-state index in [1.54, 1.807) is 23.1 Å². The van der Waals surface area contributed by atoms with Gasteiger partial charge in [-0.15, -0.1) is 0 Å². The van der Waals surface area contributed by atoms with Crippen molar-refractivity contribution in [3.05, 3.63) is 28.2 Å². The van der Waals surface area contributed by atoms with E-state index in [9.17, 15) is 9.59 Å². The van der Waals surface area contributed by atoms with Crippen molar-refractivity contribution in [2.45, 2.75) is 19.3 Å². The van der Waals surface area contributed by atoms with E-state index in [0.717, 1.165) is 19.3 Å². The monoisotopic (exact) mass is 300 g/mol. The molecule has 0 unspecified atom stereocenters. The molecule has 1 saturated heterocycles. The highest BCUT2D eigenvalue weighted by Crippen LogP contribution is 2.29. The van der Waals surface area contributed by atoms with E-state index in [-0.39, 0.29) is 5.02 Å². The van der Waals surface area contributed by atoms with E-state index in [1.807, 2.05) is 0 Å². The lowest BCUT2D eigenvalue weighted by Gasteiger charge is -2.25. The molecule has 1 N–H and O–H groups in total. The van der Waals surface area contributed by atoms with E-state index in [1.165, 1.54) is 0 Å². The summed E-state index contributed by atoms with van der Waals surface area (Å²) >= 11 is 11.8. The molecular weight excluding hydrogens is 287 g/mol. The Bertz CT molecular complexity index is 499. The lowest BCUT2D eigenvalue weighted by atomic mass is 10.1. The Morgan fingerprint density at radius 2 is 1.79 bits per heavy atom. The minimum atomic E-state index is -0.675. The molecule has 6 heteroatoms. The number of amides is 2. The molecule has 19 heavy (non-hydrogen) atoms. The van der Waals surface area contributed by atoms with E-state index < -0.39 is 11.8 Å². The molecule has 1 aliphatic rings. The van der Waals surface area contributed by atoms with Crippen LogP contribution in [0.15, 0.2) is 18.2 Å². The summed E-state index contributed by atoms with van der Waals surface area (Å²) in [7, 11) is 0. The predicted octanol–water partition coefficient (Wildman–Crippen LogP) is 2.94. The van der Waals surface area contributed by atoms with Crippen LogP contribution >= 0.6 is 23.2 Å². The quantitative estimate of drug-likeness (QED) is 0.811. The van der Waals surface area contributed by atoms with Crippen molar-refractivity contribution in [3.8, 4) is 0 Å². The van der Waals surface area contributed by atoms with Gasteiger partial charge >= 0.3 is 11.8 Å². The molecule has 1 aromatic carbocycles. The number of benzene rings is 1. The summed E-state index contributed by atoms with van der Waals surface area (Å²) in [5.41, 5.74) is 0.351. The zero-order chi connectivity index (χ0) is 13.8. The third kappa shape index (κ3) is 3.39. The van der Waals surface area contributed by atoms with Crippen LogP contribution in [0.1, 0.15) is 19.3 Å². The maximum absolute atomic E-state index is 11.9. The minimum absolute atomic E-state index is 0.240. The molecule has 0 radical (unpaired) electrons. The number of anilines is 1. The van der Waals surface area contributed by atoms with Gasteiger partial charge in [0.1, 0.15) is 0 Å². The molecule has 0 atom stereocenters. The van der Waals surface area contributed by atoms with Gasteiger partial charge in [0, 0.05) is 13.1 Å². The summed E-state index contributed by atoms with van der Waals surface area (Å²) in [5.74, 6) is -1.19. The molecular formula is C13H14Cl2N2O2. The van der Waals surface area contributed by atoms with Crippen molar-refractivity contribution in [2.75, 3.05) is 18.4 Å². The molecule has 1 heterocycles. The molecule has 0 spiro atoms. The Morgan fingerprint density at radius 3 is 2.47 bits per heavy atom. The lowest BCUT2D eigenvalue weighted by Crippen LogP contribution is -2.42. The third-order valence-corrected chi connectivity index (χ3v) is 3.86. The van der Waals surface area contributed by atoms with E-state index in [2.05, 4.69) is 5.32 Å². The molecule has 1 fully saturated rings. The van der Waals surface area contributed by atoms with Crippen LogP contribution < -0.4 is 5.32 Å². The summed E-state index contributed by atoms with van der Waals surface area (Å²) < 4.78 is 0. The second-order valence-corrected chi connectivity index (χ2v) is 5.19. The van der Waals surface area contributed by atoms with Crippen molar-refractivity contribution in [2.24, 2.45) is 0 Å². The van der Waals surface area contributed by atoms with Gasteiger partial charge in [0.15, 0.2) is 0 Å². The van der Waals surface area contributed by atoms with E-state index in [0.29, 0.717) is 23.8 Å². The van der Waals surface area contributed by atoms with Gasteiger partial charge in [-0.1, -0.05) is 29.3 Å². The molecule has 0 bridgehead atoms. The van der Waals surface area contributed by atoms with Crippen LogP contribution in [0.3, 0.4) is 0 Å². The van der Waals surface area contributed by atoms with E-state index >= 15 is 0 Å². The van der Waals surface area contributed by atoms with Crippen LogP contribution in [0.2, 0.25) is 10.0 Å². The number of carbonyl (C=O) groups excluding carboxylic acids is 2. The van der Waals surface area contributed by atoms with Crippen LogP contribution in [-0.4, -0.2) is 29.8 Å². The van der Waals surface area contributed by atoms with Crippen molar-refractivity contribution in [3.63, 3.8) is 0 Å². The van der Waals surface area contributed by atoms with Crippen LogP contribution in [0.4, 0.5) is 5.69 Å². The normalized spacial score (nSPS) is 15.2. The Morgan fingerprint density at radius 1 is 1.11 bits per heavy atom. The van der Waals surface area contributed by atoms with Gasteiger partial charge in [-0.3, -0.25) is 9.59 Å². The number of nitrogens with zero attached hydrogens (tertiary/aromatic N) is 1. The Kier molecular flexibility index (Phi) is 4.66. The maximum atomic E-state index is 11.9. The number of piperidine rings is 1. The predicted molar refractivity (Wildman–Crippen MR) is 75.5 cm³/mol. The SMILES string of the molecule is O=C(Nc1cccc(Cl)c1Cl)C(=O)N1CCCCC1. The molecule has 1 aromatic rings. The number of carbonyl (C=O) groups is 2. The summed E-state index contributed by atoms with van der Waals surface area (Å²) in [6, 6.07) is 4.89. The number of likely N-dealkylation sites (tertiary alicyclic amines) is 1. The molecule has 1 aliphatic heterocycles. The largest absolute Gasteiger partial charge is 0.334 e. The first-order valence-corrected chi connectivity index (χ1v) is 6.89. The lowest BCUT2D eigenvalue weighted by molar-refractivity contribution is -0.143. The van der Waals surface area contributed by atoms with Gasteiger partial charge in [0.2, 0.25) is 0 Å². The minimum Gasteiger partial charge on any atom is -0.334 e. The summed E-state index contributed by atoms with van der Waals surface area (Å²) in [6.07, 6.45) is 2.99. The highest BCUT2D eigenvalue weighted by molar-refractivity contribution is 6.45. The second kappa shape index (κ2) is 6.26. The Labute approximate surface area is 121 Å². The van der Waals surface area contributed by atoms with Gasteiger partial charge in [-0.2, -0.15) is 0 Å². The Hall–Kier alpha value is -1.26. The highest BCUT2D eigenvalue weighted by Gasteiger charge is 2.23. The number of rotatable bonds is 1. The number of hydrogen-bond acceptors (Lipinski definition) is 2.